The number of rotatable bonds is 6. The van der Waals surface area contributed by atoms with E-state index in [-0.39, 0.29) is 24.1 Å². The van der Waals surface area contributed by atoms with Gasteiger partial charge in [-0.3, -0.25) is 4.79 Å². The van der Waals surface area contributed by atoms with Crippen LogP contribution in [0.5, 0.6) is 0 Å². The van der Waals surface area contributed by atoms with Gasteiger partial charge in [0.25, 0.3) is 0 Å². The van der Waals surface area contributed by atoms with Crippen molar-refractivity contribution < 1.29 is 14.3 Å². The molecule has 1 amide bonds. The second kappa shape index (κ2) is 7.11. The molecule has 1 aromatic rings. The summed E-state index contributed by atoms with van der Waals surface area (Å²) in [5.74, 6) is -0.308. The van der Waals surface area contributed by atoms with Crippen molar-refractivity contribution in [2.45, 2.75) is 32.8 Å². The normalized spacial score (nSPS) is 12.5. The molecule has 18 heavy (non-hydrogen) atoms. The first-order valence-electron chi connectivity index (χ1n) is 6.18. The lowest BCUT2D eigenvalue weighted by Gasteiger charge is -2.14. The van der Waals surface area contributed by atoms with E-state index in [0.29, 0.717) is 18.5 Å². The Hall–Kier alpha value is -1.42. The van der Waals surface area contributed by atoms with Gasteiger partial charge in [0.15, 0.2) is 0 Å². The zero-order valence-corrected chi connectivity index (χ0v) is 10.8. The van der Waals surface area contributed by atoms with Gasteiger partial charge in [0.2, 0.25) is 5.91 Å². The highest BCUT2D eigenvalue weighted by molar-refractivity contribution is 5.78. The van der Waals surface area contributed by atoms with E-state index in [1.54, 1.807) is 12.1 Å². The lowest BCUT2D eigenvalue weighted by Crippen LogP contribution is -2.29. The van der Waals surface area contributed by atoms with Crippen LogP contribution in [0.15, 0.2) is 24.3 Å². The van der Waals surface area contributed by atoms with Crippen LogP contribution in [0.3, 0.4) is 0 Å². The van der Waals surface area contributed by atoms with Gasteiger partial charge in [-0.2, -0.15) is 0 Å². The van der Waals surface area contributed by atoms with Gasteiger partial charge >= 0.3 is 0 Å². The molecule has 1 unspecified atom stereocenters. The Labute approximate surface area is 107 Å². The molecule has 0 bridgehead atoms. The summed E-state index contributed by atoms with van der Waals surface area (Å²) in [6.45, 7) is 4.30. The number of benzene rings is 1. The number of aliphatic hydroxyl groups excluding tert-OH is 1. The third-order valence-corrected chi connectivity index (χ3v) is 2.79. The molecule has 0 aliphatic rings. The van der Waals surface area contributed by atoms with E-state index in [9.17, 15) is 14.3 Å². The van der Waals surface area contributed by atoms with E-state index in [1.807, 2.05) is 13.8 Å². The molecule has 1 atom stereocenters. The van der Waals surface area contributed by atoms with Gasteiger partial charge in [-0.15, -0.1) is 0 Å². The van der Waals surface area contributed by atoms with Gasteiger partial charge in [0.05, 0.1) is 12.5 Å². The molecule has 0 aliphatic heterocycles. The minimum absolute atomic E-state index is 0.156. The van der Waals surface area contributed by atoms with Crippen LogP contribution >= 0.6 is 0 Å². The minimum Gasteiger partial charge on any atom is -0.393 e. The Morgan fingerprint density at radius 2 is 2.17 bits per heavy atom. The average molecular weight is 253 g/mol. The summed E-state index contributed by atoms with van der Waals surface area (Å²) in [5, 5.41) is 12.3. The molecule has 0 saturated heterocycles. The number of amides is 1. The van der Waals surface area contributed by atoms with Crippen LogP contribution in [0.4, 0.5) is 4.39 Å². The Morgan fingerprint density at radius 3 is 2.78 bits per heavy atom. The van der Waals surface area contributed by atoms with E-state index in [4.69, 9.17) is 0 Å². The summed E-state index contributed by atoms with van der Waals surface area (Å²) in [6, 6.07) is 6.00. The third kappa shape index (κ3) is 5.27. The van der Waals surface area contributed by atoms with Crippen molar-refractivity contribution in [3.63, 3.8) is 0 Å². The first-order valence-corrected chi connectivity index (χ1v) is 6.18. The number of hydrogen-bond acceptors (Lipinski definition) is 2. The summed E-state index contributed by atoms with van der Waals surface area (Å²) in [6.07, 6.45) is 0.293. The molecule has 0 radical (unpaired) electrons. The maximum Gasteiger partial charge on any atom is 0.224 e. The van der Waals surface area contributed by atoms with E-state index in [0.717, 1.165) is 0 Å². The zero-order valence-electron chi connectivity index (χ0n) is 10.8. The molecule has 1 rings (SSSR count). The Bertz CT molecular complexity index is 393. The van der Waals surface area contributed by atoms with Crippen LogP contribution in [-0.2, 0) is 11.2 Å². The lowest BCUT2D eigenvalue weighted by atomic mass is 10.0. The molecule has 0 aromatic heterocycles. The number of carbonyl (C=O) groups is 1. The smallest absolute Gasteiger partial charge is 0.224 e. The monoisotopic (exact) mass is 253 g/mol. The summed E-state index contributed by atoms with van der Waals surface area (Å²) in [4.78, 5) is 11.6. The maximum absolute atomic E-state index is 12.9. The fraction of sp³-hybridized carbons (Fsp3) is 0.500. The van der Waals surface area contributed by atoms with E-state index in [2.05, 4.69) is 5.32 Å². The highest BCUT2D eigenvalue weighted by atomic mass is 19.1. The molecule has 0 spiro atoms. The molecule has 100 valence electrons. The van der Waals surface area contributed by atoms with Crippen molar-refractivity contribution in [1.82, 2.24) is 5.32 Å². The standard InChI is InChI=1S/C14H20FNO2/c1-10(2)13(17)6-7-16-14(18)9-11-4-3-5-12(15)8-11/h3-5,8,10,13,17H,6-7,9H2,1-2H3,(H,16,18). The Kier molecular flexibility index (Phi) is 5.78. The number of carbonyl (C=O) groups excluding carboxylic acids is 1. The lowest BCUT2D eigenvalue weighted by molar-refractivity contribution is -0.120. The summed E-state index contributed by atoms with van der Waals surface area (Å²) in [5.41, 5.74) is 0.650. The molecular weight excluding hydrogens is 233 g/mol. The van der Waals surface area contributed by atoms with Crippen molar-refractivity contribution in [3.8, 4) is 0 Å². The van der Waals surface area contributed by atoms with Crippen LogP contribution in [0.25, 0.3) is 0 Å². The van der Waals surface area contributed by atoms with E-state index in [1.165, 1.54) is 12.1 Å². The fourth-order valence-electron chi connectivity index (χ4n) is 1.59. The topological polar surface area (TPSA) is 49.3 Å². The summed E-state index contributed by atoms with van der Waals surface area (Å²) >= 11 is 0. The largest absolute Gasteiger partial charge is 0.393 e. The number of halogens is 1. The summed E-state index contributed by atoms with van der Waals surface area (Å²) < 4.78 is 12.9. The number of hydrogen-bond donors (Lipinski definition) is 2. The van der Waals surface area contributed by atoms with Crippen LogP contribution in [-0.4, -0.2) is 23.7 Å². The van der Waals surface area contributed by atoms with Crippen molar-refractivity contribution in [2.75, 3.05) is 6.54 Å². The SMILES string of the molecule is CC(C)C(O)CCNC(=O)Cc1cccc(F)c1. The first-order chi connectivity index (χ1) is 8.49. The molecule has 0 saturated carbocycles. The molecule has 4 heteroatoms. The van der Waals surface area contributed by atoms with Gasteiger partial charge in [0, 0.05) is 6.54 Å². The fourth-order valence-corrected chi connectivity index (χ4v) is 1.59. The van der Waals surface area contributed by atoms with Crippen molar-refractivity contribution >= 4 is 5.91 Å². The van der Waals surface area contributed by atoms with Crippen LogP contribution in [0.2, 0.25) is 0 Å². The van der Waals surface area contributed by atoms with Gasteiger partial charge in [0.1, 0.15) is 5.82 Å². The van der Waals surface area contributed by atoms with E-state index >= 15 is 0 Å². The highest BCUT2D eigenvalue weighted by Crippen LogP contribution is 2.05. The molecule has 2 N–H and O–H groups in total. The van der Waals surface area contributed by atoms with Gasteiger partial charge < -0.3 is 10.4 Å². The van der Waals surface area contributed by atoms with Crippen molar-refractivity contribution in [3.05, 3.63) is 35.6 Å². The number of aliphatic hydroxyl groups is 1. The van der Waals surface area contributed by atoms with Gasteiger partial charge in [-0.05, 0) is 30.0 Å². The molecule has 0 fully saturated rings. The zero-order chi connectivity index (χ0) is 13.5. The number of nitrogens with one attached hydrogen (secondary N) is 1. The molecular formula is C14H20FNO2. The second-order valence-electron chi connectivity index (χ2n) is 4.76. The maximum atomic E-state index is 12.9. The molecule has 1 aromatic carbocycles. The predicted octanol–water partition coefficient (Wildman–Crippen LogP) is 1.89. The quantitative estimate of drug-likeness (QED) is 0.813. The van der Waals surface area contributed by atoms with Crippen molar-refractivity contribution in [1.29, 1.82) is 0 Å². The Balaban J connectivity index is 2.30. The van der Waals surface area contributed by atoms with Crippen LogP contribution in [0.1, 0.15) is 25.8 Å². The predicted molar refractivity (Wildman–Crippen MR) is 68.6 cm³/mol. The third-order valence-electron chi connectivity index (χ3n) is 2.79. The second-order valence-corrected chi connectivity index (χ2v) is 4.76. The first kappa shape index (κ1) is 14.6. The molecule has 3 nitrogen and oxygen atoms in total. The van der Waals surface area contributed by atoms with Crippen LogP contribution < -0.4 is 5.32 Å². The molecule has 0 heterocycles. The summed E-state index contributed by atoms with van der Waals surface area (Å²) in [7, 11) is 0. The van der Waals surface area contributed by atoms with Gasteiger partial charge in [-0.25, -0.2) is 4.39 Å². The average Bonchev–Trinajstić information content (AvgIpc) is 2.28. The van der Waals surface area contributed by atoms with Crippen molar-refractivity contribution in [2.24, 2.45) is 5.92 Å². The minimum atomic E-state index is -0.403. The van der Waals surface area contributed by atoms with Gasteiger partial charge in [-0.1, -0.05) is 26.0 Å². The van der Waals surface area contributed by atoms with E-state index < -0.39 is 6.10 Å². The highest BCUT2D eigenvalue weighted by Gasteiger charge is 2.09. The molecule has 0 aliphatic carbocycles. The van der Waals surface area contributed by atoms with Crippen LogP contribution in [0, 0.1) is 11.7 Å². The Morgan fingerprint density at radius 1 is 1.44 bits per heavy atom.